The molecule has 3 rings (SSSR count). The van der Waals surface area contributed by atoms with Gasteiger partial charge >= 0.3 is 5.97 Å². The van der Waals surface area contributed by atoms with Gasteiger partial charge in [-0.25, -0.2) is 0 Å². The van der Waals surface area contributed by atoms with Crippen LogP contribution in [0, 0.1) is 0 Å². The molecule has 0 aromatic heterocycles. The number of hydrogen-bond acceptors (Lipinski definition) is 8. The van der Waals surface area contributed by atoms with E-state index in [9.17, 15) is 14.4 Å². The Morgan fingerprint density at radius 1 is 1.09 bits per heavy atom. The number of rotatable bonds is 9. The highest BCUT2D eigenvalue weighted by molar-refractivity contribution is 6.14. The van der Waals surface area contributed by atoms with Gasteiger partial charge in [0.2, 0.25) is 11.5 Å². The SMILES string of the molecule is COc1cc(/C=C2\Oc3cc(OCC(=O)N[C@@H](C)C(=O)O)ccc3C2=O)cc(OC)c1OC. The van der Waals surface area contributed by atoms with Gasteiger partial charge in [-0.15, -0.1) is 0 Å². The normalized spacial score (nSPS) is 14.2. The zero-order valence-corrected chi connectivity index (χ0v) is 18.5. The Kier molecular flexibility index (Phi) is 7.07. The van der Waals surface area contributed by atoms with E-state index >= 15 is 0 Å². The molecule has 0 saturated carbocycles. The summed E-state index contributed by atoms with van der Waals surface area (Å²) in [5, 5.41) is 11.1. The van der Waals surface area contributed by atoms with E-state index in [1.807, 2.05) is 0 Å². The predicted octanol–water partition coefficient (Wildman–Crippen LogP) is 2.30. The van der Waals surface area contributed by atoms with Gasteiger partial charge < -0.3 is 34.1 Å². The van der Waals surface area contributed by atoms with Gasteiger partial charge in [-0.3, -0.25) is 14.4 Å². The van der Waals surface area contributed by atoms with Crippen LogP contribution in [0.3, 0.4) is 0 Å². The number of benzene rings is 2. The minimum atomic E-state index is -1.15. The van der Waals surface area contributed by atoms with Crippen LogP contribution in [-0.4, -0.2) is 56.7 Å². The number of allylic oxidation sites excluding steroid dienone is 1. The molecule has 0 bridgehead atoms. The van der Waals surface area contributed by atoms with Gasteiger partial charge in [-0.2, -0.15) is 0 Å². The maximum Gasteiger partial charge on any atom is 0.325 e. The van der Waals surface area contributed by atoms with Crippen molar-refractivity contribution in [1.29, 1.82) is 0 Å². The summed E-state index contributed by atoms with van der Waals surface area (Å²) in [5.41, 5.74) is 0.936. The summed E-state index contributed by atoms with van der Waals surface area (Å²) in [4.78, 5) is 35.4. The average Bonchev–Trinajstić information content (AvgIpc) is 3.11. The predicted molar refractivity (Wildman–Crippen MR) is 116 cm³/mol. The van der Waals surface area contributed by atoms with Crippen LogP contribution in [0.15, 0.2) is 36.1 Å². The van der Waals surface area contributed by atoms with Crippen molar-refractivity contribution in [2.75, 3.05) is 27.9 Å². The summed E-state index contributed by atoms with van der Waals surface area (Å²) in [6, 6.07) is 6.86. The molecule has 0 aliphatic carbocycles. The fraction of sp³-hybridized carbons (Fsp3) is 0.261. The van der Waals surface area contributed by atoms with E-state index < -0.39 is 24.5 Å². The largest absolute Gasteiger partial charge is 0.493 e. The molecule has 1 heterocycles. The number of amides is 1. The number of ketones is 1. The Bertz CT molecular complexity index is 1100. The van der Waals surface area contributed by atoms with Crippen molar-refractivity contribution in [1.82, 2.24) is 5.32 Å². The van der Waals surface area contributed by atoms with Crippen LogP contribution in [0.5, 0.6) is 28.7 Å². The molecule has 2 aromatic carbocycles. The molecular weight excluding hydrogens is 434 g/mol. The molecule has 2 aromatic rings. The second-order valence-electron chi connectivity index (χ2n) is 6.97. The van der Waals surface area contributed by atoms with Gasteiger partial charge in [0.05, 0.1) is 26.9 Å². The van der Waals surface area contributed by atoms with E-state index in [0.29, 0.717) is 28.4 Å². The van der Waals surface area contributed by atoms with E-state index in [4.69, 9.17) is 28.8 Å². The van der Waals surface area contributed by atoms with Gasteiger partial charge in [-0.1, -0.05) is 0 Å². The molecule has 10 heteroatoms. The first-order valence-corrected chi connectivity index (χ1v) is 9.80. The standard InChI is InChI=1S/C23H23NO9/c1-12(23(27)28)24-20(25)11-32-14-5-6-15-16(10-14)33-17(21(15)26)7-13-8-18(29-2)22(31-4)19(9-13)30-3/h5-10,12H,11H2,1-4H3,(H,24,25)(H,27,28)/b17-7-/t12-/m0/s1. The topological polar surface area (TPSA) is 130 Å². The second-order valence-corrected chi connectivity index (χ2v) is 6.97. The number of carboxylic acid groups (broad SMARTS) is 1. The van der Waals surface area contributed by atoms with Crippen molar-refractivity contribution in [3.8, 4) is 28.7 Å². The second kappa shape index (κ2) is 9.94. The molecule has 0 unspecified atom stereocenters. The lowest BCUT2D eigenvalue weighted by Crippen LogP contribution is -2.40. The maximum absolute atomic E-state index is 12.8. The molecular formula is C23H23NO9. The minimum Gasteiger partial charge on any atom is -0.493 e. The van der Waals surface area contributed by atoms with Gasteiger partial charge in [-0.05, 0) is 42.8 Å². The number of carbonyl (C=O) groups is 3. The Labute approximate surface area is 189 Å². The molecule has 1 atom stereocenters. The number of hydrogen-bond donors (Lipinski definition) is 2. The number of methoxy groups -OCH3 is 3. The molecule has 174 valence electrons. The third-order valence-corrected chi connectivity index (χ3v) is 4.74. The summed E-state index contributed by atoms with van der Waals surface area (Å²) in [5.74, 6) is -0.139. The maximum atomic E-state index is 12.8. The number of fused-ring (bicyclic) bond motifs is 1. The van der Waals surface area contributed by atoms with E-state index in [-0.39, 0.29) is 23.0 Å². The van der Waals surface area contributed by atoms with Crippen molar-refractivity contribution < 1.29 is 43.2 Å². The third-order valence-electron chi connectivity index (χ3n) is 4.74. The van der Waals surface area contributed by atoms with Crippen LogP contribution in [0.25, 0.3) is 6.08 Å². The zero-order valence-electron chi connectivity index (χ0n) is 18.5. The molecule has 0 fully saturated rings. The van der Waals surface area contributed by atoms with Crippen molar-refractivity contribution >= 4 is 23.7 Å². The average molecular weight is 457 g/mol. The number of carbonyl (C=O) groups excluding carboxylic acids is 2. The smallest absolute Gasteiger partial charge is 0.325 e. The quantitative estimate of drug-likeness (QED) is 0.545. The zero-order chi connectivity index (χ0) is 24.1. The highest BCUT2D eigenvalue weighted by atomic mass is 16.5. The molecule has 10 nitrogen and oxygen atoms in total. The first kappa shape index (κ1) is 23.5. The lowest BCUT2D eigenvalue weighted by atomic mass is 10.1. The Hall–Kier alpha value is -4.21. The fourth-order valence-electron chi connectivity index (χ4n) is 3.09. The van der Waals surface area contributed by atoms with Crippen molar-refractivity contribution in [3.05, 3.63) is 47.2 Å². The highest BCUT2D eigenvalue weighted by Gasteiger charge is 2.28. The van der Waals surface area contributed by atoms with Crippen LogP contribution < -0.4 is 29.0 Å². The molecule has 0 spiro atoms. The third kappa shape index (κ3) is 5.17. The van der Waals surface area contributed by atoms with Gasteiger partial charge in [0.15, 0.2) is 23.9 Å². The van der Waals surface area contributed by atoms with Crippen LogP contribution in [-0.2, 0) is 9.59 Å². The van der Waals surface area contributed by atoms with E-state index in [1.54, 1.807) is 18.2 Å². The molecule has 33 heavy (non-hydrogen) atoms. The Morgan fingerprint density at radius 3 is 2.33 bits per heavy atom. The van der Waals surface area contributed by atoms with Crippen LogP contribution >= 0.6 is 0 Å². The summed E-state index contributed by atoms with van der Waals surface area (Å²) >= 11 is 0. The molecule has 0 saturated heterocycles. The number of carboxylic acids is 1. The van der Waals surface area contributed by atoms with Gasteiger partial charge in [0.25, 0.3) is 5.91 Å². The van der Waals surface area contributed by atoms with Crippen LogP contribution in [0.1, 0.15) is 22.8 Å². The fourth-order valence-corrected chi connectivity index (χ4v) is 3.09. The minimum absolute atomic E-state index is 0.0875. The van der Waals surface area contributed by atoms with Gasteiger partial charge in [0.1, 0.15) is 17.5 Å². The number of aliphatic carboxylic acids is 1. The van der Waals surface area contributed by atoms with Crippen molar-refractivity contribution in [2.24, 2.45) is 0 Å². The van der Waals surface area contributed by atoms with E-state index in [1.165, 1.54) is 46.5 Å². The summed E-state index contributed by atoms with van der Waals surface area (Å²) in [6.07, 6.45) is 1.55. The Balaban J connectivity index is 1.76. The summed E-state index contributed by atoms with van der Waals surface area (Å²) in [6.45, 7) is 0.954. The highest BCUT2D eigenvalue weighted by Crippen LogP contribution is 2.40. The lowest BCUT2D eigenvalue weighted by molar-refractivity contribution is -0.141. The number of nitrogens with one attached hydrogen (secondary N) is 1. The van der Waals surface area contributed by atoms with E-state index in [0.717, 1.165) is 0 Å². The van der Waals surface area contributed by atoms with Crippen molar-refractivity contribution in [2.45, 2.75) is 13.0 Å². The lowest BCUT2D eigenvalue weighted by Gasteiger charge is -2.13. The molecule has 1 aliphatic heterocycles. The summed E-state index contributed by atoms with van der Waals surface area (Å²) < 4.78 is 27.1. The van der Waals surface area contributed by atoms with Crippen molar-refractivity contribution in [3.63, 3.8) is 0 Å². The first-order valence-electron chi connectivity index (χ1n) is 9.80. The number of Topliss-reactive ketones (excluding diaryl/α,β-unsaturated/α-hetero) is 1. The Morgan fingerprint density at radius 2 is 1.76 bits per heavy atom. The molecule has 1 amide bonds. The molecule has 0 radical (unpaired) electrons. The first-order chi connectivity index (χ1) is 15.8. The van der Waals surface area contributed by atoms with Crippen LogP contribution in [0.4, 0.5) is 0 Å². The monoisotopic (exact) mass is 457 g/mol. The number of ether oxygens (including phenoxy) is 5. The van der Waals surface area contributed by atoms with Crippen LogP contribution in [0.2, 0.25) is 0 Å². The molecule has 1 aliphatic rings. The molecule has 2 N–H and O–H groups in total. The summed E-state index contributed by atoms with van der Waals surface area (Å²) in [7, 11) is 4.48. The van der Waals surface area contributed by atoms with E-state index in [2.05, 4.69) is 5.32 Å². The van der Waals surface area contributed by atoms with Gasteiger partial charge in [0, 0.05) is 6.07 Å².